The minimum Gasteiger partial charge on any atom is -0.478 e. The van der Waals surface area contributed by atoms with Gasteiger partial charge in [0.15, 0.2) is 0 Å². The summed E-state index contributed by atoms with van der Waals surface area (Å²) in [7, 11) is 0. The fraction of sp³-hybridized carbons (Fsp3) is 0.400. The molecule has 3 heteroatoms. The van der Waals surface area contributed by atoms with Crippen molar-refractivity contribution in [1.82, 2.24) is 0 Å². The summed E-state index contributed by atoms with van der Waals surface area (Å²) in [5.41, 5.74) is 1.97. The monoisotopic (exact) mass is 248 g/mol. The largest absolute Gasteiger partial charge is 0.478 e. The van der Waals surface area contributed by atoms with Gasteiger partial charge in [0.2, 0.25) is 0 Å². The molecule has 1 N–H and O–H groups in total. The Morgan fingerprint density at radius 3 is 2.39 bits per heavy atom. The van der Waals surface area contributed by atoms with Crippen LogP contribution >= 0.6 is 0 Å². The van der Waals surface area contributed by atoms with Crippen LogP contribution in [0.4, 0.5) is 0 Å². The zero-order valence-corrected chi connectivity index (χ0v) is 11.1. The molecule has 3 nitrogen and oxygen atoms in total. The van der Waals surface area contributed by atoms with Crippen molar-refractivity contribution in [2.45, 2.75) is 33.5 Å². The lowest BCUT2D eigenvalue weighted by molar-refractivity contribution is -0.131. The molecular weight excluding hydrogens is 228 g/mol. The van der Waals surface area contributed by atoms with E-state index < -0.39 is 5.97 Å². The lowest BCUT2D eigenvalue weighted by atomic mass is 10.1. The van der Waals surface area contributed by atoms with Gasteiger partial charge in [0.25, 0.3) is 0 Å². The Hall–Kier alpha value is -1.61. The van der Waals surface area contributed by atoms with E-state index in [9.17, 15) is 4.79 Å². The van der Waals surface area contributed by atoms with Crippen molar-refractivity contribution in [3.8, 4) is 0 Å². The van der Waals surface area contributed by atoms with Crippen molar-refractivity contribution in [1.29, 1.82) is 0 Å². The first-order valence-electron chi connectivity index (χ1n) is 6.10. The SMILES string of the molecule is CC(C)C(C)OCc1ccc(C=CC(=O)O)cc1. The Labute approximate surface area is 108 Å². The molecule has 0 aliphatic carbocycles. The van der Waals surface area contributed by atoms with E-state index in [0.29, 0.717) is 12.5 Å². The summed E-state index contributed by atoms with van der Waals surface area (Å²) in [6.07, 6.45) is 2.94. The normalized spacial score (nSPS) is 13.1. The molecule has 1 aromatic carbocycles. The van der Waals surface area contributed by atoms with E-state index in [2.05, 4.69) is 20.8 Å². The highest BCUT2D eigenvalue weighted by Gasteiger charge is 2.06. The molecule has 0 amide bonds. The van der Waals surface area contributed by atoms with Gasteiger partial charge in [-0.25, -0.2) is 4.79 Å². The highest BCUT2D eigenvalue weighted by Crippen LogP contribution is 2.11. The molecular formula is C15H20O3. The molecule has 1 unspecified atom stereocenters. The van der Waals surface area contributed by atoms with Crippen LogP contribution in [-0.4, -0.2) is 17.2 Å². The molecule has 0 saturated heterocycles. The third kappa shape index (κ3) is 5.15. The number of carboxylic acids is 1. The van der Waals surface area contributed by atoms with E-state index in [1.807, 2.05) is 24.3 Å². The molecule has 1 rings (SSSR count). The molecule has 0 aromatic heterocycles. The van der Waals surface area contributed by atoms with Crippen molar-refractivity contribution in [3.05, 3.63) is 41.5 Å². The van der Waals surface area contributed by atoms with Gasteiger partial charge in [-0.15, -0.1) is 0 Å². The highest BCUT2D eigenvalue weighted by molar-refractivity contribution is 5.85. The maximum atomic E-state index is 10.4. The van der Waals surface area contributed by atoms with Crippen LogP contribution in [0.1, 0.15) is 31.9 Å². The van der Waals surface area contributed by atoms with Crippen LogP contribution in [-0.2, 0) is 16.1 Å². The van der Waals surface area contributed by atoms with E-state index in [-0.39, 0.29) is 6.10 Å². The van der Waals surface area contributed by atoms with Crippen LogP contribution in [0.3, 0.4) is 0 Å². The number of rotatable bonds is 6. The van der Waals surface area contributed by atoms with Gasteiger partial charge in [-0.3, -0.25) is 0 Å². The first-order valence-corrected chi connectivity index (χ1v) is 6.10. The summed E-state index contributed by atoms with van der Waals surface area (Å²) >= 11 is 0. The van der Waals surface area contributed by atoms with Crippen LogP contribution in [0.25, 0.3) is 6.08 Å². The van der Waals surface area contributed by atoms with Crippen molar-refractivity contribution in [3.63, 3.8) is 0 Å². The van der Waals surface area contributed by atoms with Crippen molar-refractivity contribution < 1.29 is 14.6 Å². The molecule has 0 bridgehead atoms. The first kappa shape index (κ1) is 14.5. The van der Waals surface area contributed by atoms with E-state index in [4.69, 9.17) is 9.84 Å². The average Bonchev–Trinajstić information content (AvgIpc) is 2.34. The van der Waals surface area contributed by atoms with E-state index >= 15 is 0 Å². The first-order chi connectivity index (χ1) is 8.49. The zero-order chi connectivity index (χ0) is 13.5. The third-order valence-corrected chi connectivity index (χ3v) is 2.85. The van der Waals surface area contributed by atoms with Gasteiger partial charge in [0, 0.05) is 6.08 Å². The molecule has 0 fully saturated rings. The summed E-state index contributed by atoms with van der Waals surface area (Å²) in [5.74, 6) is -0.434. The Kier molecular flexibility index (Phi) is 5.59. The van der Waals surface area contributed by atoms with Gasteiger partial charge in [0.05, 0.1) is 12.7 Å². The van der Waals surface area contributed by atoms with Gasteiger partial charge in [-0.1, -0.05) is 38.1 Å². The topological polar surface area (TPSA) is 46.5 Å². The molecule has 0 heterocycles. The van der Waals surface area contributed by atoms with Crippen LogP contribution < -0.4 is 0 Å². The minimum absolute atomic E-state index is 0.233. The number of hydrogen-bond acceptors (Lipinski definition) is 2. The maximum absolute atomic E-state index is 10.4. The second-order valence-electron chi connectivity index (χ2n) is 4.67. The molecule has 1 aromatic rings. The van der Waals surface area contributed by atoms with Crippen molar-refractivity contribution in [2.75, 3.05) is 0 Å². The fourth-order valence-electron chi connectivity index (χ4n) is 1.31. The standard InChI is InChI=1S/C15H20O3/c1-11(2)12(3)18-10-14-6-4-13(5-7-14)8-9-15(16)17/h4-9,11-12H,10H2,1-3H3,(H,16,17). The molecule has 0 saturated carbocycles. The lowest BCUT2D eigenvalue weighted by Gasteiger charge is -2.16. The summed E-state index contributed by atoms with van der Waals surface area (Å²) in [6.45, 7) is 6.91. The number of benzene rings is 1. The van der Waals surface area contributed by atoms with E-state index in [1.54, 1.807) is 6.08 Å². The van der Waals surface area contributed by atoms with Gasteiger partial charge < -0.3 is 9.84 Å². The summed E-state index contributed by atoms with van der Waals surface area (Å²) in [6, 6.07) is 7.68. The smallest absolute Gasteiger partial charge is 0.328 e. The summed E-state index contributed by atoms with van der Waals surface area (Å²) in [5, 5.41) is 8.52. The predicted octanol–water partition coefficient (Wildman–Crippen LogP) is 3.35. The Balaban J connectivity index is 2.53. The van der Waals surface area contributed by atoms with E-state index in [0.717, 1.165) is 17.2 Å². The van der Waals surface area contributed by atoms with Gasteiger partial charge in [0.1, 0.15) is 0 Å². The molecule has 98 valence electrons. The third-order valence-electron chi connectivity index (χ3n) is 2.85. The minimum atomic E-state index is -0.937. The molecule has 0 aliphatic heterocycles. The quantitative estimate of drug-likeness (QED) is 0.785. The number of aliphatic carboxylic acids is 1. The molecule has 0 aliphatic rings. The molecule has 18 heavy (non-hydrogen) atoms. The predicted molar refractivity (Wildman–Crippen MR) is 72.2 cm³/mol. The van der Waals surface area contributed by atoms with E-state index in [1.165, 1.54) is 0 Å². The van der Waals surface area contributed by atoms with Crippen molar-refractivity contribution >= 4 is 12.0 Å². The van der Waals surface area contributed by atoms with Gasteiger partial charge in [-0.2, -0.15) is 0 Å². The second-order valence-corrected chi connectivity index (χ2v) is 4.67. The second kappa shape index (κ2) is 6.97. The number of hydrogen-bond donors (Lipinski definition) is 1. The van der Waals surface area contributed by atoms with Crippen LogP contribution in [0.5, 0.6) is 0 Å². The molecule has 1 atom stereocenters. The van der Waals surface area contributed by atoms with Crippen LogP contribution in [0, 0.1) is 5.92 Å². The lowest BCUT2D eigenvalue weighted by Crippen LogP contribution is -2.14. The number of carbonyl (C=O) groups is 1. The average molecular weight is 248 g/mol. The van der Waals surface area contributed by atoms with Crippen LogP contribution in [0.2, 0.25) is 0 Å². The number of ether oxygens (including phenoxy) is 1. The molecule has 0 spiro atoms. The van der Waals surface area contributed by atoms with Gasteiger partial charge >= 0.3 is 5.97 Å². The Morgan fingerprint density at radius 1 is 1.28 bits per heavy atom. The Bertz CT molecular complexity index is 404. The summed E-state index contributed by atoms with van der Waals surface area (Å²) < 4.78 is 5.72. The number of carboxylic acid groups (broad SMARTS) is 1. The maximum Gasteiger partial charge on any atom is 0.328 e. The van der Waals surface area contributed by atoms with Crippen molar-refractivity contribution in [2.24, 2.45) is 5.92 Å². The highest BCUT2D eigenvalue weighted by atomic mass is 16.5. The Morgan fingerprint density at radius 2 is 1.89 bits per heavy atom. The zero-order valence-electron chi connectivity index (χ0n) is 11.1. The summed E-state index contributed by atoms with van der Waals surface area (Å²) in [4.78, 5) is 10.4. The fourth-order valence-corrected chi connectivity index (χ4v) is 1.31. The van der Waals surface area contributed by atoms with Crippen LogP contribution in [0.15, 0.2) is 30.3 Å². The van der Waals surface area contributed by atoms with Gasteiger partial charge in [-0.05, 0) is 30.0 Å². The molecule has 0 radical (unpaired) electrons.